The lowest BCUT2D eigenvalue weighted by Crippen LogP contribution is -2.11. The van der Waals surface area contributed by atoms with Gasteiger partial charge in [-0.2, -0.15) is 5.10 Å². The third-order valence-corrected chi connectivity index (χ3v) is 4.12. The third-order valence-electron chi connectivity index (χ3n) is 4.12. The van der Waals surface area contributed by atoms with Crippen LogP contribution in [0.3, 0.4) is 0 Å². The van der Waals surface area contributed by atoms with E-state index in [1.807, 2.05) is 6.92 Å². The lowest BCUT2D eigenvalue weighted by Gasteiger charge is -2.13. The number of rotatable bonds is 5. The van der Waals surface area contributed by atoms with Gasteiger partial charge < -0.3 is 10.3 Å². The number of nitrogens with one attached hydrogen (secondary N) is 1. The van der Waals surface area contributed by atoms with Crippen molar-refractivity contribution in [1.29, 1.82) is 0 Å². The van der Waals surface area contributed by atoms with Gasteiger partial charge in [0.05, 0.1) is 12.3 Å². The van der Waals surface area contributed by atoms with Crippen LogP contribution in [0.15, 0.2) is 71.8 Å². The third kappa shape index (κ3) is 3.74. The second kappa shape index (κ2) is 7.18. The summed E-state index contributed by atoms with van der Waals surface area (Å²) in [4.78, 5) is 2.10. The average molecular weight is 317 g/mol. The largest absolute Gasteiger partial charge is 0.378 e. The zero-order valence-electron chi connectivity index (χ0n) is 14.5. The summed E-state index contributed by atoms with van der Waals surface area (Å²) < 4.78 is 0. The Bertz CT molecular complexity index is 866. The molecule has 0 unspecified atom stereocenters. The summed E-state index contributed by atoms with van der Waals surface area (Å²) in [5.41, 5.74) is 7.73. The van der Waals surface area contributed by atoms with Crippen LogP contribution in [0.2, 0.25) is 0 Å². The Kier molecular flexibility index (Phi) is 4.80. The zero-order valence-corrected chi connectivity index (χ0v) is 14.5. The van der Waals surface area contributed by atoms with Gasteiger partial charge in [0.25, 0.3) is 0 Å². The summed E-state index contributed by atoms with van der Waals surface area (Å²) in [5.74, 6) is 0. The van der Waals surface area contributed by atoms with Crippen LogP contribution in [-0.4, -0.2) is 19.8 Å². The van der Waals surface area contributed by atoms with E-state index in [1.165, 1.54) is 22.0 Å². The van der Waals surface area contributed by atoms with Crippen LogP contribution in [0, 0.1) is 0 Å². The van der Waals surface area contributed by atoms with E-state index in [0.29, 0.717) is 6.54 Å². The first kappa shape index (κ1) is 16.1. The van der Waals surface area contributed by atoms with E-state index in [-0.39, 0.29) is 0 Å². The number of hydrogen-bond donors (Lipinski definition) is 1. The molecule has 3 aromatic rings. The van der Waals surface area contributed by atoms with Crippen LogP contribution in [0.5, 0.6) is 0 Å². The van der Waals surface area contributed by atoms with Gasteiger partial charge in [0.15, 0.2) is 0 Å². The summed E-state index contributed by atoms with van der Waals surface area (Å²) in [6.07, 6.45) is 0. The number of fused-ring (bicyclic) bond motifs is 1. The highest BCUT2D eigenvalue weighted by molar-refractivity contribution is 6.01. The second-order valence-electron chi connectivity index (χ2n) is 6.16. The molecule has 24 heavy (non-hydrogen) atoms. The molecule has 0 fully saturated rings. The van der Waals surface area contributed by atoms with E-state index in [4.69, 9.17) is 0 Å². The summed E-state index contributed by atoms with van der Waals surface area (Å²) in [5, 5.41) is 7.02. The Labute approximate surface area is 143 Å². The van der Waals surface area contributed by atoms with Crippen LogP contribution >= 0.6 is 0 Å². The minimum absolute atomic E-state index is 0.715. The summed E-state index contributed by atoms with van der Waals surface area (Å²) in [6, 6.07) is 23.3. The van der Waals surface area contributed by atoms with Gasteiger partial charge in [-0.3, -0.25) is 0 Å². The molecule has 3 aromatic carbocycles. The smallest absolute Gasteiger partial charge is 0.0644 e. The van der Waals surface area contributed by atoms with Crippen LogP contribution in [0.4, 0.5) is 5.69 Å². The minimum atomic E-state index is 0.715. The molecule has 0 aromatic heterocycles. The van der Waals surface area contributed by atoms with Gasteiger partial charge in [-0.25, -0.2) is 0 Å². The van der Waals surface area contributed by atoms with Gasteiger partial charge in [0.1, 0.15) is 0 Å². The Hall–Kier alpha value is -2.81. The minimum Gasteiger partial charge on any atom is -0.378 e. The van der Waals surface area contributed by atoms with Gasteiger partial charge in [-0.15, -0.1) is 0 Å². The molecule has 0 radical (unpaired) electrons. The van der Waals surface area contributed by atoms with Gasteiger partial charge in [0, 0.05) is 19.8 Å². The summed E-state index contributed by atoms with van der Waals surface area (Å²) >= 11 is 0. The van der Waals surface area contributed by atoms with Crippen molar-refractivity contribution in [1.82, 2.24) is 5.43 Å². The quantitative estimate of drug-likeness (QED) is 0.557. The first-order valence-electron chi connectivity index (χ1n) is 8.16. The Morgan fingerprint density at radius 1 is 0.917 bits per heavy atom. The van der Waals surface area contributed by atoms with Gasteiger partial charge >= 0.3 is 0 Å². The molecular formula is C21H23N3. The molecule has 1 N–H and O–H groups in total. The first-order valence-corrected chi connectivity index (χ1v) is 8.16. The predicted molar refractivity (Wildman–Crippen MR) is 104 cm³/mol. The van der Waals surface area contributed by atoms with Crippen LogP contribution in [0.25, 0.3) is 10.8 Å². The fourth-order valence-electron chi connectivity index (χ4n) is 2.67. The topological polar surface area (TPSA) is 27.6 Å². The maximum absolute atomic E-state index is 4.52. The number of hydrogen-bond acceptors (Lipinski definition) is 3. The monoisotopic (exact) mass is 317 g/mol. The van der Waals surface area contributed by atoms with E-state index in [2.05, 4.69) is 96.3 Å². The summed E-state index contributed by atoms with van der Waals surface area (Å²) in [7, 11) is 4.10. The average Bonchev–Trinajstić information content (AvgIpc) is 2.61. The molecule has 122 valence electrons. The highest BCUT2D eigenvalue weighted by Gasteiger charge is 2.00. The molecule has 0 aliphatic rings. The fourth-order valence-corrected chi connectivity index (χ4v) is 2.67. The maximum Gasteiger partial charge on any atom is 0.0644 e. The van der Waals surface area contributed by atoms with Crippen LogP contribution < -0.4 is 10.3 Å². The number of anilines is 1. The molecule has 3 rings (SSSR count). The van der Waals surface area contributed by atoms with Crippen molar-refractivity contribution in [2.24, 2.45) is 5.10 Å². The summed E-state index contributed by atoms with van der Waals surface area (Å²) in [6.45, 7) is 2.75. The highest BCUT2D eigenvalue weighted by atomic mass is 15.3. The van der Waals surface area contributed by atoms with E-state index in [1.54, 1.807) is 0 Å². The van der Waals surface area contributed by atoms with E-state index in [9.17, 15) is 0 Å². The number of hydrazone groups is 1. The maximum atomic E-state index is 4.52. The first-order chi connectivity index (χ1) is 11.6. The highest BCUT2D eigenvalue weighted by Crippen LogP contribution is 2.16. The molecule has 0 heterocycles. The van der Waals surface area contributed by atoms with Crippen molar-refractivity contribution in [3.63, 3.8) is 0 Å². The van der Waals surface area contributed by atoms with Crippen molar-refractivity contribution >= 4 is 22.2 Å². The van der Waals surface area contributed by atoms with Gasteiger partial charge in [-0.05, 0) is 47.0 Å². The normalized spacial score (nSPS) is 11.5. The number of nitrogens with zero attached hydrogens (tertiary/aromatic N) is 2. The van der Waals surface area contributed by atoms with Crippen molar-refractivity contribution in [2.75, 3.05) is 19.0 Å². The molecule has 0 amide bonds. The molecule has 0 bridgehead atoms. The Morgan fingerprint density at radius 2 is 1.71 bits per heavy atom. The standard InChI is InChI=1S/C21H23N3/c1-16(19-12-11-18-8-4-5-9-20(18)14-19)23-22-15-17-7-6-10-21(13-17)24(2)3/h4-14,22H,15H2,1-3H3/b23-16+. The molecule has 3 heteroatoms. The van der Waals surface area contributed by atoms with Crippen LogP contribution in [-0.2, 0) is 6.54 Å². The Balaban J connectivity index is 1.70. The molecule has 0 spiro atoms. The molecule has 0 saturated carbocycles. The SMILES string of the molecule is C/C(=N\NCc1cccc(N(C)C)c1)c1ccc2ccccc2c1. The lowest BCUT2D eigenvalue weighted by molar-refractivity contribution is 0.743. The van der Waals surface area contributed by atoms with E-state index < -0.39 is 0 Å². The predicted octanol–water partition coefficient (Wildman–Crippen LogP) is 4.42. The zero-order chi connectivity index (χ0) is 16.9. The van der Waals surface area contributed by atoms with Crippen LogP contribution in [0.1, 0.15) is 18.1 Å². The molecule has 0 saturated heterocycles. The van der Waals surface area contributed by atoms with Gasteiger partial charge in [0.2, 0.25) is 0 Å². The lowest BCUT2D eigenvalue weighted by atomic mass is 10.0. The molecule has 0 atom stereocenters. The number of benzene rings is 3. The van der Waals surface area contributed by atoms with E-state index >= 15 is 0 Å². The Morgan fingerprint density at radius 3 is 2.50 bits per heavy atom. The second-order valence-corrected chi connectivity index (χ2v) is 6.16. The molecular weight excluding hydrogens is 294 g/mol. The molecule has 0 aliphatic heterocycles. The molecule has 0 aliphatic carbocycles. The molecule has 3 nitrogen and oxygen atoms in total. The van der Waals surface area contributed by atoms with Crippen molar-refractivity contribution in [3.8, 4) is 0 Å². The van der Waals surface area contributed by atoms with Crippen molar-refractivity contribution in [2.45, 2.75) is 13.5 Å². The van der Waals surface area contributed by atoms with Crippen molar-refractivity contribution < 1.29 is 0 Å². The van der Waals surface area contributed by atoms with Gasteiger partial charge in [-0.1, -0.05) is 48.5 Å². The van der Waals surface area contributed by atoms with E-state index in [0.717, 1.165) is 11.3 Å². The fraction of sp³-hybridized carbons (Fsp3) is 0.190. The van der Waals surface area contributed by atoms with Crippen molar-refractivity contribution in [3.05, 3.63) is 77.9 Å².